The van der Waals surface area contributed by atoms with E-state index in [4.69, 9.17) is 14.5 Å². The standard InChI is InChI=1S/C22H36O4/c1-3-4-5-6-7-8-9-10-11-12-13-14-19-25-26-22(23)20-15-17-21(24-2)18-16-20/h15-18H,3-14,19H2,1-2H3. The van der Waals surface area contributed by atoms with Gasteiger partial charge in [0.15, 0.2) is 0 Å². The third kappa shape index (κ3) is 11.1. The molecule has 0 aliphatic rings. The number of rotatable bonds is 16. The average Bonchev–Trinajstić information content (AvgIpc) is 2.68. The zero-order valence-electron chi connectivity index (χ0n) is 16.6. The molecule has 4 heteroatoms. The number of hydrogen-bond donors (Lipinski definition) is 0. The fraction of sp³-hybridized carbons (Fsp3) is 0.682. The molecule has 0 aliphatic heterocycles. The predicted molar refractivity (Wildman–Crippen MR) is 105 cm³/mol. The Kier molecular flexibility index (Phi) is 13.6. The van der Waals surface area contributed by atoms with Crippen molar-refractivity contribution in [3.8, 4) is 5.75 Å². The van der Waals surface area contributed by atoms with Crippen LogP contribution >= 0.6 is 0 Å². The molecule has 0 spiro atoms. The first-order valence-corrected chi connectivity index (χ1v) is 10.3. The van der Waals surface area contributed by atoms with Crippen molar-refractivity contribution in [3.63, 3.8) is 0 Å². The van der Waals surface area contributed by atoms with Crippen LogP contribution < -0.4 is 4.74 Å². The zero-order chi connectivity index (χ0) is 18.9. The van der Waals surface area contributed by atoms with E-state index in [1.165, 1.54) is 64.2 Å². The van der Waals surface area contributed by atoms with Gasteiger partial charge < -0.3 is 4.74 Å². The van der Waals surface area contributed by atoms with Crippen molar-refractivity contribution < 1.29 is 19.3 Å². The molecule has 1 aromatic rings. The summed E-state index contributed by atoms with van der Waals surface area (Å²) in [6.07, 6.45) is 15.6. The molecule has 1 rings (SSSR count). The Morgan fingerprint density at radius 3 is 1.77 bits per heavy atom. The first-order chi connectivity index (χ1) is 12.8. The van der Waals surface area contributed by atoms with E-state index in [9.17, 15) is 4.79 Å². The second-order valence-corrected chi connectivity index (χ2v) is 6.81. The van der Waals surface area contributed by atoms with Gasteiger partial charge in [0.1, 0.15) is 5.75 Å². The lowest BCUT2D eigenvalue weighted by molar-refractivity contribution is -0.241. The summed E-state index contributed by atoms with van der Waals surface area (Å²) in [5.41, 5.74) is 0.459. The highest BCUT2D eigenvalue weighted by Crippen LogP contribution is 2.13. The molecule has 0 heterocycles. The maximum Gasteiger partial charge on any atom is 0.373 e. The van der Waals surface area contributed by atoms with Gasteiger partial charge in [-0.1, -0.05) is 77.6 Å². The molecule has 0 aliphatic carbocycles. The number of benzene rings is 1. The van der Waals surface area contributed by atoms with E-state index in [0.29, 0.717) is 17.9 Å². The van der Waals surface area contributed by atoms with E-state index in [1.807, 2.05) is 0 Å². The molecular weight excluding hydrogens is 328 g/mol. The molecule has 0 saturated carbocycles. The van der Waals surface area contributed by atoms with Crippen LogP contribution in [0.4, 0.5) is 0 Å². The van der Waals surface area contributed by atoms with E-state index < -0.39 is 5.97 Å². The molecule has 0 N–H and O–H groups in total. The predicted octanol–water partition coefficient (Wildman–Crippen LogP) is 6.48. The Labute approximate surface area is 159 Å². The topological polar surface area (TPSA) is 44.8 Å². The Morgan fingerprint density at radius 2 is 1.27 bits per heavy atom. The normalized spacial score (nSPS) is 10.7. The van der Waals surface area contributed by atoms with E-state index >= 15 is 0 Å². The van der Waals surface area contributed by atoms with Crippen LogP contribution in [0.15, 0.2) is 24.3 Å². The number of carbonyl (C=O) groups is 1. The summed E-state index contributed by atoms with van der Waals surface area (Å²) in [5, 5.41) is 0. The molecule has 148 valence electrons. The minimum absolute atomic E-state index is 0.458. The summed E-state index contributed by atoms with van der Waals surface area (Å²) >= 11 is 0. The Bertz CT molecular complexity index is 456. The number of carbonyl (C=O) groups excluding carboxylic acids is 1. The molecule has 0 saturated heterocycles. The second kappa shape index (κ2) is 15.7. The zero-order valence-corrected chi connectivity index (χ0v) is 16.6. The SMILES string of the molecule is CCCCCCCCCCCCCCOOC(=O)c1ccc(OC)cc1. The highest BCUT2D eigenvalue weighted by atomic mass is 17.2. The smallest absolute Gasteiger partial charge is 0.373 e. The lowest BCUT2D eigenvalue weighted by Gasteiger charge is -2.05. The van der Waals surface area contributed by atoms with E-state index in [1.54, 1.807) is 31.4 Å². The van der Waals surface area contributed by atoms with Crippen LogP contribution in [-0.4, -0.2) is 19.7 Å². The van der Waals surface area contributed by atoms with Crippen LogP contribution in [-0.2, 0) is 9.78 Å². The van der Waals surface area contributed by atoms with E-state index in [0.717, 1.165) is 12.8 Å². The summed E-state index contributed by atoms with van der Waals surface area (Å²) in [6, 6.07) is 6.77. The molecule has 0 radical (unpaired) electrons. The maximum absolute atomic E-state index is 11.8. The van der Waals surface area contributed by atoms with Crippen molar-refractivity contribution >= 4 is 5.97 Å². The monoisotopic (exact) mass is 364 g/mol. The Balaban J connectivity index is 1.87. The highest BCUT2D eigenvalue weighted by Gasteiger charge is 2.08. The Morgan fingerprint density at radius 1 is 0.769 bits per heavy atom. The van der Waals surface area contributed by atoms with Crippen LogP contribution in [0, 0.1) is 0 Å². The van der Waals surface area contributed by atoms with Crippen molar-refractivity contribution in [2.75, 3.05) is 13.7 Å². The van der Waals surface area contributed by atoms with Crippen molar-refractivity contribution in [2.45, 2.75) is 84.0 Å². The number of ether oxygens (including phenoxy) is 1. The molecule has 26 heavy (non-hydrogen) atoms. The maximum atomic E-state index is 11.8. The van der Waals surface area contributed by atoms with Crippen LogP contribution in [0.5, 0.6) is 5.75 Å². The van der Waals surface area contributed by atoms with Gasteiger partial charge in [-0.3, -0.25) is 4.89 Å². The van der Waals surface area contributed by atoms with Gasteiger partial charge in [0.05, 0.1) is 19.3 Å². The summed E-state index contributed by atoms with van der Waals surface area (Å²) in [6.45, 7) is 2.72. The number of unbranched alkanes of at least 4 members (excludes halogenated alkanes) is 11. The van der Waals surface area contributed by atoms with Gasteiger partial charge in [-0.25, -0.2) is 4.79 Å². The van der Waals surface area contributed by atoms with Crippen LogP contribution in [0.25, 0.3) is 0 Å². The van der Waals surface area contributed by atoms with Gasteiger partial charge in [0.2, 0.25) is 0 Å². The van der Waals surface area contributed by atoms with Crippen LogP contribution in [0.2, 0.25) is 0 Å². The summed E-state index contributed by atoms with van der Waals surface area (Å²) in [4.78, 5) is 21.6. The fourth-order valence-corrected chi connectivity index (χ4v) is 2.87. The highest BCUT2D eigenvalue weighted by molar-refractivity contribution is 5.89. The van der Waals surface area contributed by atoms with Gasteiger partial charge in [-0.05, 0) is 30.7 Å². The third-order valence-electron chi connectivity index (χ3n) is 4.54. The van der Waals surface area contributed by atoms with Gasteiger partial charge in [-0.15, -0.1) is 0 Å². The molecule has 0 atom stereocenters. The minimum atomic E-state index is -0.466. The summed E-state index contributed by atoms with van der Waals surface area (Å²) < 4.78 is 5.05. The fourth-order valence-electron chi connectivity index (χ4n) is 2.87. The van der Waals surface area contributed by atoms with Gasteiger partial charge in [0, 0.05) is 0 Å². The molecule has 0 amide bonds. The Hall–Kier alpha value is -1.55. The number of methoxy groups -OCH3 is 1. The first kappa shape index (κ1) is 22.5. The quantitative estimate of drug-likeness (QED) is 0.191. The molecular formula is C22H36O4. The molecule has 4 nitrogen and oxygen atoms in total. The lowest BCUT2D eigenvalue weighted by atomic mass is 10.1. The molecule has 0 bridgehead atoms. The van der Waals surface area contributed by atoms with Crippen LogP contribution in [0.1, 0.15) is 94.3 Å². The first-order valence-electron chi connectivity index (χ1n) is 10.3. The molecule has 0 aromatic heterocycles. The number of hydrogen-bond acceptors (Lipinski definition) is 4. The summed E-state index contributed by atoms with van der Waals surface area (Å²) in [7, 11) is 1.59. The van der Waals surface area contributed by atoms with Gasteiger partial charge in [0.25, 0.3) is 0 Å². The van der Waals surface area contributed by atoms with Gasteiger partial charge in [-0.2, -0.15) is 4.89 Å². The van der Waals surface area contributed by atoms with E-state index in [-0.39, 0.29) is 0 Å². The van der Waals surface area contributed by atoms with Crippen molar-refractivity contribution in [3.05, 3.63) is 29.8 Å². The van der Waals surface area contributed by atoms with E-state index in [2.05, 4.69) is 6.92 Å². The van der Waals surface area contributed by atoms with Crippen molar-refractivity contribution in [2.24, 2.45) is 0 Å². The third-order valence-corrected chi connectivity index (χ3v) is 4.54. The van der Waals surface area contributed by atoms with Crippen molar-refractivity contribution in [1.82, 2.24) is 0 Å². The van der Waals surface area contributed by atoms with Crippen molar-refractivity contribution in [1.29, 1.82) is 0 Å². The van der Waals surface area contributed by atoms with Crippen LogP contribution in [0.3, 0.4) is 0 Å². The molecule has 0 fully saturated rings. The largest absolute Gasteiger partial charge is 0.497 e. The summed E-state index contributed by atoms with van der Waals surface area (Å²) in [5.74, 6) is 0.241. The lowest BCUT2D eigenvalue weighted by Crippen LogP contribution is -2.07. The average molecular weight is 365 g/mol. The second-order valence-electron chi connectivity index (χ2n) is 6.81. The molecule has 1 aromatic carbocycles. The van der Waals surface area contributed by atoms with Gasteiger partial charge >= 0.3 is 5.97 Å². The minimum Gasteiger partial charge on any atom is -0.497 e. The molecule has 0 unspecified atom stereocenters.